The van der Waals surface area contributed by atoms with Crippen LogP contribution in [0.4, 0.5) is 10.5 Å². The van der Waals surface area contributed by atoms with Crippen LogP contribution in [0.25, 0.3) is 0 Å². The summed E-state index contributed by atoms with van der Waals surface area (Å²) >= 11 is 3.44. The zero-order valence-corrected chi connectivity index (χ0v) is 14.8. The van der Waals surface area contributed by atoms with Crippen LogP contribution in [0.2, 0.25) is 0 Å². The number of urea groups is 1. The van der Waals surface area contributed by atoms with Crippen molar-refractivity contribution in [3.63, 3.8) is 0 Å². The largest absolute Gasteiger partial charge is 0.493 e. The number of benzene rings is 1. The van der Waals surface area contributed by atoms with Gasteiger partial charge in [-0.2, -0.15) is 0 Å². The highest BCUT2D eigenvalue weighted by atomic mass is 79.9. The number of carbonyl (C=O) groups excluding carboxylic acids is 1. The first kappa shape index (κ1) is 16.9. The van der Waals surface area contributed by atoms with Crippen molar-refractivity contribution in [2.75, 3.05) is 19.5 Å². The number of hydrogen-bond donors (Lipinski definition) is 2. The lowest BCUT2D eigenvalue weighted by Gasteiger charge is -2.29. The van der Waals surface area contributed by atoms with Crippen LogP contribution in [0.15, 0.2) is 16.6 Å². The molecule has 1 saturated carbocycles. The lowest BCUT2D eigenvalue weighted by molar-refractivity contribution is 0.232. The van der Waals surface area contributed by atoms with E-state index in [-0.39, 0.29) is 12.1 Å². The maximum atomic E-state index is 12.2. The molecule has 0 heterocycles. The van der Waals surface area contributed by atoms with Crippen molar-refractivity contribution >= 4 is 27.6 Å². The van der Waals surface area contributed by atoms with E-state index in [0.717, 1.165) is 10.9 Å². The molecule has 5 nitrogen and oxygen atoms in total. The number of halogens is 1. The lowest BCUT2D eigenvalue weighted by atomic mass is 9.86. The second-order valence-corrected chi connectivity index (χ2v) is 6.51. The molecule has 0 aromatic heterocycles. The third kappa shape index (κ3) is 4.06. The van der Waals surface area contributed by atoms with E-state index < -0.39 is 0 Å². The van der Waals surface area contributed by atoms with E-state index in [4.69, 9.17) is 9.47 Å². The normalized spacial score (nSPS) is 21.1. The summed E-state index contributed by atoms with van der Waals surface area (Å²) in [6.45, 7) is 2.19. The molecule has 0 saturated heterocycles. The van der Waals surface area contributed by atoms with Gasteiger partial charge in [0.1, 0.15) is 0 Å². The van der Waals surface area contributed by atoms with Gasteiger partial charge in [-0.15, -0.1) is 0 Å². The maximum Gasteiger partial charge on any atom is 0.319 e. The molecular formula is C16H23BrN2O3. The van der Waals surface area contributed by atoms with Crippen molar-refractivity contribution < 1.29 is 14.3 Å². The Balaban J connectivity index is 2.04. The molecule has 0 aliphatic heterocycles. The number of hydrogen-bond acceptors (Lipinski definition) is 3. The number of amides is 2. The molecule has 1 aromatic carbocycles. The first-order valence-corrected chi connectivity index (χ1v) is 8.33. The minimum Gasteiger partial charge on any atom is -0.493 e. The van der Waals surface area contributed by atoms with Crippen molar-refractivity contribution in [3.05, 3.63) is 16.6 Å². The predicted molar refractivity (Wildman–Crippen MR) is 90.8 cm³/mol. The number of methoxy groups -OCH3 is 2. The Labute approximate surface area is 139 Å². The molecule has 0 spiro atoms. The fourth-order valence-corrected chi connectivity index (χ4v) is 3.23. The molecule has 22 heavy (non-hydrogen) atoms. The third-order valence-corrected chi connectivity index (χ3v) is 4.81. The topological polar surface area (TPSA) is 59.6 Å². The van der Waals surface area contributed by atoms with Gasteiger partial charge in [-0.05, 0) is 34.7 Å². The molecule has 1 fully saturated rings. The fourth-order valence-electron chi connectivity index (χ4n) is 2.81. The number of ether oxygens (including phenoxy) is 2. The second-order valence-electron chi connectivity index (χ2n) is 5.65. The zero-order chi connectivity index (χ0) is 16.1. The standard InChI is InChI=1S/C16H23BrN2O3/c1-10-6-4-5-7-12(10)18-16(20)19-13-9-15(22-3)14(21-2)8-11(13)17/h8-10,12H,4-7H2,1-3H3,(H2,18,19,20). The summed E-state index contributed by atoms with van der Waals surface area (Å²) in [4.78, 5) is 12.2. The summed E-state index contributed by atoms with van der Waals surface area (Å²) in [6.07, 6.45) is 4.64. The van der Waals surface area contributed by atoms with E-state index >= 15 is 0 Å². The Bertz CT molecular complexity index is 536. The van der Waals surface area contributed by atoms with Crippen molar-refractivity contribution in [1.82, 2.24) is 5.32 Å². The molecule has 6 heteroatoms. The molecule has 2 N–H and O–H groups in total. The molecule has 0 radical (unpaired) electrons. The number of anilines is 1. The van der Waals surface area contributed by atoms with Crippen LogP contribution in [0, 0.1) is 5.92 Å². The molecular weight excluding hydrogens is 348 g/mol. The number of nitrogens with one attached hydrogen (secondary N) is 2. The molecule has 1 aromatic rings. The van der Waals surface area contributed by atoms with E-state index in [0.29, 0.717) is 23.1 Å². The molecule has 2 atom stereocenters. The van der Waals surface area contributed by atoms with Crippen molar-refractivity contribution in [3.8, 4) is 11.5 Å². The molecule has 2 amide bonds. The molecule has 0 bridgehead atoms. The Hall–Kier alpha value is -1.43. The summed E-state index contributed by atoms with van der Waals surface area (Å²) in [5, 5.41) is 5.94. The van der Waals surface area contributed by atoms with Crippen molar-refractivity contribution in [2.45, 2.75) is 38.6 Å². The first-order valence-electron chi connectivity index (χ1n) is 7.54. The molecule has 2 rings (SSSR count). The van der Waals surface area contributed by atoms with Crippen LogP contribution in [0.1, 0.15) is 32.6 Å². The van der Waals surface area contributed by atoms with E-state index in [9.17, 15) is 4.79 Å². The maximum absolute atomic E-state index is 12.2. The van der Waals surface area contributed by atoms with Crippen LogP contribution in [-0.4, -0.2) is 26.3 Å². The lowest BCUT2D eigenvalue weighted by Crippen LogP contribution is -2.43. The van der Waals surface area contributed by atoms with Gasteiger partial charge in [-0.1, -0.05) is 19.8 Å². The van der Waals surface area contributed by atoms with Gasteiger partial charge in [0.2, 0.25) is 0 Å². The van der Waals surface area contributed by atoms with Crippen LogP contribution < -0.4 is 20.1 Å². The van der Waals surface area contributed by atoms with Crippen molar-refractivity contribution in [1.29, 1.82) is 0 Å². The van der Waals surface area contributed by atoms with Gasteiger partial charge in [0.15, 0.2) is 11.5 Å². The molecule has 2 unspecified atom stereocenters. The highest BCUT2D eigenvalue weighted by molar-refractivity contribution is 9.10. The molecule has 1 aliphatic carbocycles. The SMILES string of the molecule is COc1cc(Br)c(NC(=O)NC2CCCCC2C)cc1OC. The van der Waals surface area contributed by atoms with E-state index in [1.165, 1.54) is 19.3 Å². The minimum atomic E-state index is -0.188. The van der Waals surface area contributed by atoms with E-state index in [2.05, 4.69) is 33.5 Å². The summed E-state index contributed by atoms with van der Waals surface area (Å²) in [7, 11) is 3.15. The smallest absolute Gasteiger partial charge is 0.319 e. The van der Waals surface area contributed by atoms with Gasteiger partial charge in [0, 0.05) is 22.6 Å². The van der Waals surface area contributed by atoms with E-state index in [1.54, 1.807) is 26.4 Å². The van der Waals surface area contributed by atoms with Gasteiger partial charge < -0.3 is 20.1 Å². The fraction of sp³-hybridized carbons (Fsp3) is 0.562. The van der Waals surface area contributed by atoms with Crippen molar-refractivity contribution in [2.24, 2.45) is 5.92 Å². The summed E-state index contributed by atoms with van der Waals surface area (Å²) in [5.74, 6) is 1.71. The van der Waals surface area contributed by atoms with Gasteiger partial charge in [0.05, 0.1) is 19.9 Å². The van der Waals surface area contributed by atoms with Gasteiger partial charge in [-0.3, -0.25) is 0 Å². The van der Waals surface area contributed by atoms with Gasteiger partial charge in [-0.25, -0.2) is 4.79 Å². The highest BCUT2D eigenvalue weighted by Crippen LogP contribution is 2.36. The van der Waals surface area contributed by atoms with Gasteiger partial charge >= 0.3 is 6.03 Å². The van der Waals surface area contributed by atoms with Crippen LogP contribution in [-0.2, 0) is 0 Å². The molecule has 1 aliphatic rings. The zero-order valence-electron chi connectivity index (χ0n) is 13.2. The molecule has 122 valence electrons. The monoisotopic (exact) mass is 370 g/mol. The van der Waals surface area contributed by atoms with Gasteiger partial charge in [0.25, 0.3) is 0 Å². The Kier molecular flexibility index (Phi) is 5.94. The number of rotatable bonds is 4. The summed E-state index contributed by atoms with van der Waals surface area (Å²) in [5.41, 5.74) is 0.651. The predicted octanol–water partition coefficient (Wildman–Crippen LogP) is 4.17. The minimum absolute atomic E-state index is 0.188. The Morgan fingerprint density at radius 2 is 1.82 bits per heavy atom. The Morgan fingerprint density at radius 1 is 1.18 bits per heavy atom. The van der Waals surface area contributed by atoms with E-state index in [1.807, 2.05) is 0 Å². The quantitative estimate of drug-likeness (QED) is 0.835. The highest BCUT2D eigenvalue weighted by Gasteiger charge is 2.23. The summed E-state index contributed by atoms with van der Waals surface area (Å²) in [6, 6.07) is 3.57. The second kappa shape index (κ2) is 7.72. The number of carbonyl (C=O) groups is 1. The van der Waals surface area contributed by atoms with Crippen LogP contribution in [0.3, 0.4) is 0 Å². The summed E-state index contributed by atoms with van der Waals surface area (Å²) < 4.78 is 11.2. The Morgan fingerprint density at radius 3 is 2.45 bits per heavy atom. The van der Waals surface area contributed by atoms with Crippen LogP contribution in [0.5, 0.6) is 11.5 Å². The van der Waals surface area contributed by atoms with Crippen LogP contribution >= 0.6 is 15.9 Å². The average molecular weight is 371 g/mol. The first-order chi connectivity index (χ1) is 10.5. The average Bonchev–Trinajstić information content (AvgIpc) is 2.51. The third-order valence-electron chi connectivity index (χ3n) is 4.15.